The lowest BCUT2D eigenvalue weighted by Gasteiger charge is -1.80. The van der Waals surface area contributed by atoms with Crippen molar-refractivity contribution in [3.63, 3.8) is 0 Å². The van der Waals surface area contributed by atoms with Crippen molar-refractivity contribution >= 4 is 8.41 Å². The average molecular weight is 85.9 g/mol. The van der Waals surface area contributed by atoms with E-state index in [4.69, 9.17) is 10.8 Å². The van der Waals surface area contributed by atoms with Gasteiger partial charge in [-0.2, -0.15) is 0 Å². The summed E-state index contributed by atoms with van der Waals surface area (Å²) in [5.41, 5.74) is 4.98. The highest BCUT2D eigenvalue weighted by Gasteiger charge is 1.69. The zero-order chi connectivity index (χ0) is 4.12. The molecule has 0 atom stereocenters. The van der Waals surface area contributed by atoms with E-state index in [9.17, 15) is 0 Å². The van der Waals surface area contributed by atoms with Gasteiger partial charge in [-0.15, -0.1) is 0 Å². The van der Waals surface area contributed by atoms with E-state index in [1.807, 2.05) is 0 Å². The molecule has 0 aliphatic carbocycles. The Bertz CT molecular complexity index is 18.3. The van der Waals surface area contributed by atoms with Gasteiger partial charge in [-0.25, -0.2) is 0 Å². The third kappa shape index (κ3) is 9.01. The molecule has 0 rings (SSSR count). The highest BCUT2D eigenvalue weighted by molar-refractivity contribution is 5.75. The van der Waals surface area contributed by atoms with Gasteiger partial charge >= 0.3 is 0 Å². The van der Waals surface area contributed by atoms with Crippen molar-refractivity contribution in [3.8, 4) is 0 Å². The van der Waals surface area contributed by atoms with Crippen LogP contribution in [0.3, 0.4) is 0 Å². The monoisotopic (exact) mass is 86.1 g/mol. The van der Waals surface area contributed by atoms with Gasteiger partial charge < -0.3 is 10.8 Å². The van der Waals surface area contributed by atoms with Crippen LogP contribution in [0.4, 0.5) is 0 Å². The zero-order valence-electron chi connectivity index (χ0n) is 3.72. The maximum Gasteiger partial charge on any atom is 0.0443 e. The lowest BCUT2D eigenvalue weighted by Crippen LogP contribution is -1.99. The first kappa shape index (κ1) is 9.37. The van der Waals surface area contributed by atoms with Crippen molar-refractivity contribution in [3.05, 3.63) is 0 Å². The van der Waals surface area contributed by atoms with Crippen LogP contribution in [0.1, 0.15) is 6.42 Å². The van der Waals surface area contributed by atoms with Crippen LogP contribution in [0.25, 0.3) is 0 Å². The Kier molecular flexibility index (Phi) is 13.9. The van der Waals surface area contributed by atoms with E-state index in [1.165, 1.54) is 0 Å². The molecule has 35 valence electrons. The van der Waals surface area contributed by atoms with E-state index >= 15 is 0 Å². The minimum atomic E-state index is 0. The molecule has 0 saturated carbocycles. The minimum absolute atomic E-state index is 0. The van der Waals surface area contributed by atoms with E-state index in [2.05, 4.69) is 0 Å². The molecule has 0 aliphatic heterocycles. The van der Waals surface area contributed by atoms with E-state index in [0.29, 0.717) is 6.54 Å². The molecule has 0 aromatic heterocycles. The molecular formula is C3H9BNO. The fourth-order valence-corrected chi connectivity index (χ4v) is 0.0913. The van der Waals surface area contributed by atoms with Gasteiger partial charge in [0.2, 0.25) is 0 Å². The summed E-state index contributed by atoms with van der Waals surface area (Å²) < 4.78 is 0. The van der Waals surface area contributed by atoms with Crippen molar-refractivity contribution in [2.24, 2.45) is 5.73 Å². The second kappa shape index (κ2) is 8.88. The molecule has 0 spiro atoms. The summed E-state index contributed by atoms with van der Waals surface area (Å²) in [4.78, 5) is 0. The fourth-order valence-electron chi connectivity index (χ4n) is 0.0913. The highest BCUT2D eigenvalue weighted by Crippen LogP contribution is 1.62. The van der Waals surface area contributed by atoms with Crippen LogP contribution < -0.4 is 5.73 Å². The van der Waals surface area contributed by atoms with Crippen LogP contribution in [0.2, 0.25) is 0 Å². The average Bonchev–Trinajstić information content (AvgIpc) is 1.41. The smallest absolute Gasteiger partial charge is 0.0443 e. The number of rotatable bonds is 2. The molecule has 3 radical (unpaired) electrons. The molecule has 0 aromatic rings. The van der Waals surface area contributed by atoms with Gasteiger partial charge in [0.1, 0.15) is 0 Å². The quantitative estimate of drug-likeness (QED) is 0.421. The van der Waals surface area contributed by atoms with Crippen LogP contribution >= 0.6 is 0 Å². The van der Waals surface area contributed by atoms with Crippen molar-refractivity contribution in [1.29, 1.82) is 0 Å². The summed E-state index contributed by atoms with van der Waals surface area (Å²) in [6, 6.07) is 0. The van der Waals surface area contributed by atoms with Crippen LogP contribution in [0, 0.1) is 0 Å². The Hall–Kier alpha value is -0.0151. The molecule has 2 nitrogen and oxygen atoms in total. The maximum atomic E-state index is 7.99. The van der Waals surface area contributed by atoms with Crippen molar-refractivity contribution in [2.45, 2.75) is 6.42 Å². The number of hydrogen-bond donors (Lipinski definition) is 2. The van der Waals surface area contributed by atoms with E-state index in [0.717, 1.165) is 6.42 Å². The normalized spacial score (nSPS) is 7.00. The van der Waals surface area contributed by atoms with Gasteiger partial charge in [-0.3, -0.25) is 0 Å². The molecule has 0 unspecified atom stereocenters. The summed E-state index contributed by atoms with van der Waals surface area (Å²) in [7, 11) is 0. The SMILES string of the molecule is NCCCO.[B]. The van der Waals surface area contributed by atoms with E-state index < -0.39 is 0 Å². The van der Waals surface area contributed by atoms with Crippen LogP contribution in [0.5, 0.6) is 0 Å². The Morgan fingerprint density at radius 2 is 2.00 bits per heavy atom. The van der Waals surface area contributed by atoms with Gasteiger partial charge in [0.05, 0.1) is 0 Å². The molecule has 0 aromatic carbocycles. The van der Waals surface area contributed by atoms with E-state index in [1.54, 1.807) is 0 Å². The third-order valence-electron chi connectivity index (χ3n) is 0.362. The van der Waals surface area contributed by atoms with Crippen molar-refractivity contribution in [1.82, 2.24) is 0 Å². The first-order chi connectivity index (χ1) is 2.41. The highest BCUT2D eigenvalue weighted by atomic mass is 16.2. The zero-order valence-corrected chi connectivity index (χ0v) is 3.72. The van der Waals surface area contributed by atoms with Gasteiger partial charge in [0, 0.05) is 15.0 Å². The summed E-state index contributed by atoms with van der Waals surface area (Å²) in [6.45, 7) is 0.812. The maximum absolute atomic E-state index is 7.99. The molecule has 3 heteroatoms. The standard InChI is InChI=1S/C3H9NO.B/c4-2-1-3-5;/h5H,1-4H2;. The topological polar surface area (TPSA) is 46.2 Å². The second-order valence-corrected chi connectivity index (χ2v) is 0.866. The number of hydrogen-bond acceptors (Lipinski definition) is 2. The van der Waals surface area contributed by atoms with E-state index in [-0.39, 0.29) is 15.0 Å². The minimum Gasteiger partial charge on any atom is -0.396 e. The van der Waals surface area contributed by atoms with Gasteiger partial charge in [0.25, 0.3) is 0 Å². The third-order valence-corrected chi connectivity index (χ3v) is 0.362. The Morgan fingerprint density at radius 1 is 1.50 bits per heavy atom. The Balaban J connectivity index is 0. The summed E-state index contributed by atoms with van der Waals surface area (Å²) in [5.74, 6) is 0. The lowest BCUT2D eigenvalue weighted by molar-refractivity contribution is 0.291. The molecule has 0 saturated heterocycles. The molecule has 3 N–H and O–H groups in total. The summed E-state index contributed by atoms with van der Waals surface area (Å²) in [6.07, 6.45) is 0.722. The fraction of sp³-hybridized carbons (Fsp3) is 1.00. The van der Waals surface area contributed by atoms with Crippen molar-refractivity contribution in [2.75, 3.05) is 13.2 Å². The van der Waals surface area contributed by atoms with Gasteiger partial charge in [-0.05, 0) is 13.0 Å². The molecule has 6 heavy (non-hydrogen) atoms. The lowest BCUT2D eigenvalue weighted by atomic mass is 10.5. The van der Waals surface area contributed by atoms with Gasteiger partial charge in [-0.1, -0.05) is 0 Å². The Morgan fingerprint density at radius 3 is 2.00 bits per heavy atom. The molecule has 0 aliphatic rings. The molecule has 0 amide bonds. The largest absolute Gasteiger partial charge is 0.396 e. The van der Waals surface area contributed by atoms with Crippen LogP contribution in [-0.2, 0) is 0 Å². The van der Waals surface area contributed by atoms with Crippen LogP contribution in [0.15, 0.2) is 0 Å². The predicted molar refractivity (Wildman–Crippen MR) is 26.5 cm³/mol. The van der Waals surface area contributed by atoms with Gasteiger partial charge in [0.15, 0.2) is 0 Å². The molecule has 0 fully saturated rings. The number of aliphatic hydroxyl groups is 1. The first-order valence-electron chi connectivity index (χ1n) is 1.72. The van der Waals surface area contributed by atoms with Crippen molar-refractivity contribution < 1.29 is 5.11 Å². The predicted octanol–water partition coefficient (Wildman–Crippen LogP) is -1.05. The molecule has 0 bridgehead atoms. The Labute approximate surface area is 39.9 Å². The number of nitrogens with two attached hydrogens (primary N) is 1. The van der Waals surface area contributed by atoms with Crippen LogP contribution in [-0.4, -0.2) is 26.7 Å². The number of aliphatic hydroxyl groups excluding tert-OH is 1. The second-order valence-electron chi connectivity index (χ2n) is 0.866. The first-order valence-corrected chi connectivity index (χ1v) is 1.72. The summed E-state index contributed by atoms with van der Waals surface area (Å²) >= 11 is 0. The molecular weight excluding hydrogens is 76.9 g/mol. The summed E-state index contributed by atoms with van der Waals surface area (Å²) in [5, 5.41) is 7.99. The molecule has 0 heterocycles.